The Morgan fingerprint density at radius 2 is 1.97 bits per heavy atom. The molecule has 0 bridgehead atoms. The van der Waals surface area contributed by atoms with Crippen LogP contribution in [0.4, 0.5) is 11.8 Å². The van der Waals surface area contributed by atoms with E-state index < -0.39 is 0 Å². The number of rotatable bonds is 5. The molecular weight excluding hydrogens is 392 g/mol. The first kappa shape index (κ1) is 20.6. The maximum atomic E-state index is 12.7. The van der Waals surface area contributed by atoms with Gasteiger partial charge in [0.05, 0.1) is 23.9 Å². The zero-order chi connectivity index (χ0) is 21.8. The quantitative estimate of drug-likeness (QED) is 0.612. The van der Waals surface area contributed by atoms with Crippen molar-refractivity contribution in [2.24, 2.45) is 0 Å². The van der Waals surface area contributed by atoms with Crippen molar-refractivity contribution in [3.05, 3.63) is 59.3 Å². The van der Waals surface area contributed by atoms with E-state index in [0.717, 1.165) is 42.2 Å². The van der Waals surface area contributed by atoms with Crippen molar-refractivity contribution in [3.8, 4) is 0 Å². The van der Waals surface area contributed by atoms with E-state index in [2.05, 4.69) is 35.2 Å². The zero-order valence-corrected chi connectivity index (χ0v) is 18.0. The molecule has 1 atom stereocenters. The first-order valence-corrected chi connectivity index (χ1v) is 10.4. The second kappa shape index (κ2) is 9.03. The van der Waals surface area contributed by atoms with E-state index in [1.807, 2.05) is 37.8 Å². The number of aromatic nitrogens is 6. The Labute approximate surface area is 181 Å². The van der Waals surface area contributed by atoms with Crippen molar-refractivity contribution in [1.29, 1.82) is 0 Å². The van der Waals surface area contributed by atoms with Crippen LogP contribution < -0.4 is 5.32 Å². The number of H-pyrrole nitrogens is 1. The van der Waals surface area contributed by atoms with Gasteiger partial charge >= 0.3 is 0 Å². The van der Waals surface area contributed by atoms with Crippen LogP contribution in [0.1, 0.15) is 47.4 Å². The molecule has 4 rings (SSSR count). The lowest BCUT2D eigenvalue weighted by atomic mass is 9.94. The minimum absolute atomic E-state index is 0.00735. The van der Waals surface area contributed by atoms with E-state index in [4.69, 9.17) is 0 Å². The lowest BCUT2D eigenvalue weighted by molar-refractivity contribution is -0.127. The van der Waals surface area contributed by atoms with Crippen LogP contribution in [0, 0.1) is 20.8 Å². The maximum absolute atomic E-state index is 12.7. The molecule has 0 saturated carbocycles. The van der Waals surface area contributed by atoms with Crippen LogP contribution >= 0.6 is 0 Å². The van der Waals surface area contributed by atoms with Crippen molar-refractivity contribution in [2.75, 3.05) is 18.4 Å². The molecule has 1 amide bonds. The van der Waals surface area contributed by atoms with Gasteiger partial charge in [0, 0.05) is 42.5 Å². The number of nitrogens with one attached hydrogen (secondary N) is 2. The predicted octanol–water partition coefficient (Wildman–Crippen LogP) is 3.08. The summed E-state index contributed by atoms with van der Waals surface area (Å²) in [5.74, 6) is 2.00. The van der Waals surface area contributed by atoms with Crippen LogP contribution in [-0.2, 0) is 4.79 Å². The highest BCUT2D eigenvalue weighted by Crippen LogP contribution is 2.27. The van der Waals surface area contributed by atoms with Crippen LogP contribution in [0.2, 0.25) is 0 Å². The number of carbonyl (C=O) groups excluding carboxylic acids is 1. The molecule has 9 nitrogen and oxygen atoms in total. The van der Waals surface area contributed by atoms with E-state index in [0.29, 0.717) is 24.1 Å². The molecule has 0 radical (unpaired) electrons. The molecule has 1 aliphatic heterocycles. The van der Waals surface area contributed by atoms with Crippen LogP contribution in [0.5, 0.6) is 0 Å². The van der Waals surface area contributed by atoms with Crippen LogP contribution in [-0.4, -0.2) is 53.8 Å². The molecule has 0 unspecified atom stereocenters. The molecule has 1 fully saturated rings. The standard InChI is InChI=1S/C22H26N8O/c1-14-9-15(2)26-22(25-14)29-20-10-19(27-16(3)28-20)17-5-4-8-30(12-17)21(31)7-6-18-11-23-13-24-18/h6-7,9-11,13,17H,4-5,8,12H2,1-3H3,(H,23,24)(H,25,26,27,28,29)/b7-6+/t17-/m1/s1. The Balaban J connectivity index is 1.48. The summed E-state index contributed by atoms with van der Waals surface area (Å²) in [5, 5.41) is 3.20. The third-order valence-corrected chi connectivity index (χ3v) is 5.16. The number of nitrogens with zero attached hydrogens (tertiary/aromatic N) is 6. The molecule has 1 saturated heterocycles. The summed E-state index contributed by atoms with van der Waals surface area (Å²) in [7, 11) is 0. The molecule has 2 N–H and O–H groups in total. The number of piperidine rings is 1. The summed E-state index contributed by atoms with van der Waals surface area (Å²) in [6.45, 7) is 7.11. The smallest absolute Gasteiger partial charge is 0.246 e. The Hall–Kier alpha value is -3.62. The molecule has 160 valence electrons. The summed E-state index contributed by atoms with van der Waals surface area (Å²) in [6.07, 6.45) is 8.52. The van der Waals surface area contributed by atoms with E-state index in [9.17, 15) is 4.79 Å². The summed E-state index contributed by atoms with van der Waals surface area (Å²) < 4.78 is 0. The van der Waals surface area contributed by atoms with Gasteiger partial charge < -0.3 is 15.2 Å². The lowest BCUT2D eigenvalue weighted by Crippen LogP contribution is -2.38. The minimum atomic E-state index is -0.00735. The molecular formula is C22H26N8O. The number of aromatic amines is 1. The van der Waals surface area contributed by atoms with E-state index in [-0.39, 0.29) is 11.8 Å². The normalized spacial score (nSPS) is 16.6. The number of imidazole rings is 1. The van der Waals surface area contributed by atoms with Gasteiger partial charge in [0.15, 0.2) is 0 Å². The van der Waals surface area contributed by atoms with Gasteiger partial charge in [-0.2, -0.15) is 0 Å². The lowest BCUT2D eigenvalue weighted by Gasteiger charge is -2.32. The second-order valence-electron chi connectivity index (χ2n) is 7.79. The molecule has 3 aromatic heterocycles. The van der Waals surface area contributed by atoms with Crippen molar-refractivity contribution >= 4 is 23.7 Å². The Morgan fingerprint density at radius 1 is 1.16 bits per heavy atom. The van der Waals surface area contributed by atoms with Gasteiger partial charge in [-0.15, -0.1) is 0 Å². The first-order chi connectivity index (χ1) is 15.0. The fraction of sp³-hybridized carbons (Fsp3) is 0.364. The van der Waals surface area contributed by atoms with Gasteiger partial charge in [-0.3, -0.25) is 4.79 Å². The predicted molar refractivity (Wildman–Crippen MR) is 118 cm³/mol. The van der Waals surface area contributed by atoms with Crippen molar-refractivity contribution in [2.45, 2.75) is 39.5 Å². The number of hydrogen-bond acceptors (Lipinski definition) is 7. The molecule has 31 heavy (non-hydrogen) atoms. The van der Waals surface area contributed by atoms with Gasteiger partial charge in [0.2, 0.25) is 11.9 Å². The highest BCUT2D eigenvalue weighted by atomic mass is 16.2. The molecule has 1 aliphatic rings. The topological polar surface area (TPSA) is 113 Å². The monoisotopic (exact) mass is 418 g/mol. The SMILES string of the molecule is Cc1cc(C)nc(Nc2cc([C@@H]3CCCN(C(=O)/C=C/c4cnc[nH]4)C3)nc(C)n2)n1. The van der Waals surface area contributed by atoms with Crippen molar-refractivity contribution in [3.63, 3.8) is 0 Å². The van der Waals surface area contributed by atoms with Crippen LogP contribution in [0.15, 0.2) is 30.7 Å². The summed E-state index contributed by atoms with van der Waals surface area (Å²) in [6, 6.07) is 3.86. The van der Waals surface area contributed by atoms with Crippen molar-refractivity contribution < 1.29 is 4.79 Å². The molecule has 3 aromatic rings. The molecule has 0 spiro atoms. The fourth-order valence-electron chi connectivity index (χ4n) is 3.80. The Kier molecular flexibility index (Phi) is 6.01. The number of likely N-dealkylation sites (tertiary alicyclic amines) is 1. The number of anilines is 2. The third kappa shape index (κ3) is 5.30. The molecule has 9 heteroatoms. The molecule has 4 heterocycles. The van der Waals surface area contributed by atoms with Crippen LogP contribution in [0.25, 0.3) is 6.08 Å². The largest absolute Gasteiger partial charge is 0.345 e. The average molecular weight is 419 g/mol. The van der Waals surface area contributed by atoms with E-state index >= 15 is 0 Å². The minimum Gasteiger partial charge on any atom is -0.345 e. The molecule has 0 aromatic carbocycles. The Morgan fingerprint density at radius 3 is 2.71 bits per heavy atom. The first-order valence-electron chi connectivity index (χ1n) is 10.4. The van der Waals surface area contributed by atoms with E-state index in [1.165, 1.54) is 0 Å². The van der Waals surface area contributed by atoms with Gasteiger partial charge in [0.25, 0.3) is 0 Å². The number of amides is 1. The van der Waals surface area contributed by atoms with Gasteiger partial charge in [-0.25, -0.2) is 24.9 Å². The number of hydrogen-bond donors (Lipinski definition) is 2. The van der Waals surface area contributed by atoms with Gasteiger partial charge in [0.1, 0.15) is 11.6 Å². The van der Waals surface area contributed by atoms with Crippen LogP contribution in [0.3, 0.4) is 0 Å². The summed E-state index contributed by atoms with van der Waals surface area (Å²) >= 11 is 0. The molecule has 0 aliphatic carbocycles. The highest BCUT2D eigenvalue weighted by Gasteiger charge is 2.25. The van der Waals surface area contributed by atoms with Gasteiger partial charge in [-0.1, -0.05) is 0 Å². The third-order valence-electron chi connectivity index (χ3n) is 5.16. The number of aryl methyl sites for hydroxylation is 3. The second-order valence-corrected chi connectivity index (χ2v) is 7.79. The van der Waals surface area contributed by atoms with Crippen molar-refractivity contribution in [1.82, 2.24) is 34.8 Å². The summed E-state index contributed by atoms with van der Waals surface area (Å²) in [4.78, 5) is 39.5. The number of carbonyl (C=O) groups is 1. The average Bonchev–Trinajstić information content (AvgIpc) is 3.24. The zero-order valence-electron chi connectivity index (χ0n) is 18.0. The van der Waals surface area contributed by atoms with Gasteiger partial charge in [-0.05, 0) is 45.8 Å². The maximum Gasteiger partial charge on any atom is 0.246 e. The Bertz CT molecular complexity index is 1070. The summed E-state index contributed by atoms with van der Waals surface area (Å²) in [5.41, 5.74) is 3.52. The van der Waals surface area contributed by atoms with E-state index in [1.54, 1.807) is 24.7 Å². The highest BCUT2D eigenvalue weighted by molar-refractivity contribution is 5.91. The fourth-order valence-corrected chi connectivity index (χ4v) is 3.80.